The molecule has 0 saturated carbocycles. The molecule has 1 aliphatic rings. The maximum Gasteiger partial charge on any atom is 0.242 e. The van der Waals surface area contributed by atoms with Gasteiger partial charge >= 0.3 is 0 Å². The molecule has 1 saturated heterocycles. The first-order chi connectivity index (χ1) is 9.53. The van der Waals surface area contributed by atoms with Gasteiger partial charge in [-0.15, -0.1) is 0 Å². The highest BCUT2D eigenvalue weighted by molar-refractivity contribution is 7.89. The van der Waals surface area contributed by atoms with Crippen LogP contribution in [0.15, 0.2) is 23.1 Å². The Morgan fingerprint density at radius 2 is 2.25 bits per heavy atom. The third-order valence-corrected chi connectivity index (χ3v) is 5.25. The van der Waals surface area contributed by atoms with Gasteiger partial charge in [0.1, 0.15) is 4.90 Å². The highest BCUT2D eigenvalue weighted by Gasteiger charge is 2.20. The van der Waals surface area contributed by atoms with E-state index in [1.54, 1.807) is 12.1 Å². The van der Waals surface area contributed by atoms with Crippen molar-refractivity contribution in [2.75, 3.05) is 13.2 Å². The zero-order valence-corrected chi connectivity index (χ0v) is 12.7. The molecule has 0 aromatic heterocycles. The quantitative estimate of drug-likeness (QED) is 0.835. The summed E-state index contributed by atoms with van der Waals surface area (Å²) in [7, 11) is -3.61. The summed E-state index contributed by atoms with van der Waals surface area (Å²) in [5.74, 6) is 0. The molecule has 0 radical (unpaired) electrons. The second kappa shape index (κ2) is 6.87. The molecule has 20 heavy (non-hydrogen) atoms. The van der Waals surface area contributed by atoms with Crippen LogP contribution in [0.3, 0.4) is 0 Å². The predicted molar refractivity (Wildman–Crippen MR) is 78.1 cm³/mol. The van der Waals surface area contributed by atoms with E-state index in [0.717, 1.165) is 25.0 Å². The van der Waals surface area contributed by atoms with Gasteiger partial charge in [-0.2, -0.15) is 0 Å². The minimum absolute atomic E-state index is 0.0782. The largest absolute Gasteiger partial charge is 0.378 e. The monoisotopic (exact) mass is 318 g/mol. The molecule has 0 aliphatic carbocycles. The number of hydrogen-bond acceptors (Lipinski definition) is 4. The van der Waals surface area contributed by atoms with Gasteiger partial charge in [-0.05, 0) is 37.0 Å². The standard InChI is InChI=1S/C13H19ClN2O3S/c14-12-4-3-10(9-15)8-13(12)20(17,18)16-6-5-11-2-1-7-19-11/h3-4,8,11,16H,1-2,5-7,9,15H2. The number of hydrogen-bond donors (Lipinski definition) is 2. The molecule has 112 valence electrons. The molecule has 1 aliphatic heterocycles. The molecule has 1 heterocycles. The average molecular weight is 319 g/mol. The van der Waals surface area contributed by atoms with Gasteiger partial charge in [0.25, 0.3) is 0 Å². The van der Waals surface area contributed by atoms with E-state index >= 15 is 0 Å². The lowest BCUT2D eigenvalue weighted by molar-refractivity contribution is 0.105. The van der Waals surface area contributed by atoms with Crippen LogP contribution in [0.25, 0.3) is 0 Å². The Hall–Kier alpha value is -0.660. The van der Waals surface area contributed by atoms with Crippen LogP contribution in [-0.2, 0) is 21.3 Å². The molecule has 1 aromatic rings. The van der Waals surface area contributed by atoms with Gasteiger partial charge in [-0.3, -0.25) is 0 Å². The van der Waals surface area contributed by atoms with E-state index < -0.39 is 10.0 Å². The highest BCUT2D eigenvalue weighted by Crippen LogP contribution is 2.22. The van der Waals surface area contributed by atoms with Crippen LogP contribution in [0.4, 0.5) is 0 Å². The normalized spacial score (nSPS) is 19.4. The first-order valence-corrected chi connectivity index (χ1v) is 8.49. The van der Waals surface area contributed by atoms with Gasteiger partial charge < -0.3 is 10.5 Å². The van der Waals surface area contributed by atoms with E-state index in [1.165, 1.54) is 6.07 Å². The number of halogens is 1. The van der Waals surface area contributed by atoms with Gasteiger partial charge in [0, 0.05) is 19.7 Å². The van der Waals surface area contributed by atoms with Crippen LogP contribution in [0.5, 0.6) is 0 Å². The number of rotatable bonds is 6. The molecule has 0 amide bonds. The maximum absolute atomic E-state index is 12.2. The molecule has 1 unspecified atom stereocenters. The summed E-state index contributed by atoms with van der Waals surface area (Å²) in [4.78, 5) is 0.0782. The predicted octanol–water partition coefficient (Wildman–Crippen LogP) is 1.65. The van der Waals surface area contributed by atoms with Gasteiger partial charge in [-0.1, -0.05) is 17.7 Å². The Balaban J connectivity index is 2.01. The molecular formula is C13H19ClN2O3S. The number of nitrogens with two attached hydrogens (primary N) is 1. The molecule has 2 rings (SSSR count). The molecule has 1 fully saturated rings. The molecule has 1 atom stereocenters. The third-order valence-electron chi connectivity index (χ3n) is 3.30. The van der Waals surface area contributed by atoms with Crippen molar-refractivity contribution in [3.63, 3.8) is 0 Å². The van der Waals surface area contributed by atoms with Crippen molar-refractivity contribution in [1.82, 2.24) is 4.72 Å². The van der Waals surface area contributed by atoms with Gasteiger partial charge in [0.15, 0.2) is 0 Å². The van der Waals surface area contributed by atoms with Crippen molar-refractivity contribution in [3.8, 4) is 0 Å². The van der Waals surface area contributed by atoms with E-state index in [-0.39, 0.29) is 22.6 Å². The van der Waals surface area contributed by atoms with E-state index in [2.05, 4.69) is 4.72 Å². The van der Waals surface area contributed by atoms with Crippen molar-refractivity contribution < 1.29 is 13.2 Å². The second-order valence-electron chi connectivity index (χ2n) is 4.79. The van der Waals surface area contributed by atoms with Crippen LogP contribution >= 0.6 is 11.6 Å². The zero-order chi connectivity index (χ0) is 14.6. The average Bonchev–Trinajstić information content (AvgIpc) is 2.92. The molecule has 5 nitrogen and oxygen atoms in total. The minimum atomic E-state index is -3.61. The lowest BCUT2D eigenvalue weighted by Crippen LogP contribution is -2.27. The SMILES string of the molecule is NCc1ccc(Cl)c(S(=O)(=O)NCCC2CCCO2)c1. The second-order valence-corrected chi connectivity index (χ2v) is 6.93. The molecule has 0 spiro atoms. The van der Waals surface area contributed by atoms with E-state index in [9.17, 15) is 8.42 Å². The summed E-state index contributed by atoms with van der Waals surface area (Å²) in [6, 6.07) is 4.78. The number of ether oxygens (including phenoxy) is 1. The number of benzene rings is 1. The van der Waals surface area contributed by atoms with Crippen molar-refractivity contribution >= 4 is 21.6 Å². The van der Waals surface area contributed by atoms with Crippen molar-refractivity contribution in [3.05, 3.63) is 28.8 Å². The molecule has 1 aromatic carbocycles. The molecule has 3 N–H and O–H groups in total. The minimum Gasteiger partial charge on any atom is -0.378 e. The van der Waals surface area contributed by atoms with E-state index in [0.29, 0.717) is 13.0 Å². The number of sulfonamides is 1. The van der Waals surface area contributed by atoms with Crippen LogP contribution in [-0.4, -0.2) is 27.7 Å². The summed E-state index contributed by atoms with van der Waals surface area (Å²) >= 11 is 5.96. The first-order valence-electron chi connectivity index (χ1n) is 6.62. The maximum atomic E-state index is 12.2. The summed E-state index contributed by atoms with van der Waals surface area (Å²) < 4.78 is 32.5. The van der Waals surface area contributed by atoms with E-state index in [1.807, 2.05) is 0 Å². The Morgan fingerprint density at radius 3 is 2.90 bits per heavy atom. The lowest BCUT2D eigenvalue weighted by Gasteiger charge is -2.12. The van der Waals surface area contributed by atoms with Crippen molar-refractivity contribution in [2.24, 2.45) is 5.73 Å². The van der Waals surface area contributed by atoms with Crippen molar-refractivity contribution in [2.45, 2.75) is 36.8 Å². The molecule has 0 bridgehead atoms. The number of nitrogens with one attached hydrogen (secondary N) is 1. The van der Waals surface area contributed by atoms with Gasteiger partial charge in [-0.25, -0.2) is 13.1 Å². The summed E-state index contributed by atoms with van der Waals surface area (Å²) in [5, 5.41) is 0.201. The highest BCUT2D eigenvalue weighted by atomic mass is 35.5. The lowest BCUT2D eigenvalue weighted by atomic mass is 10.2. The fourth-order valence-corrected chi connectivity index (χ4v) is 3.78. The fraction of sp³-hybridized carbons (Fsp3) is 0.538. The fourth-order valence-electron chi connectivity index (χ4n) is 2.18. The first kappa shape index (κ1) is 15.7. The summed E-state index contributed by atoms with van der Waals surface area (Å²) in [5.41, 5.74) is 6.25. The van der Waals surface area contributed by atoms with Crippen LogP contribution in [0, 0.1) is 0 Å². The Morgan fingerprint density at radius 1 is 1.45 bits per heavy atom. The zero-order valence-electron chi connectivity index (χ0n) is 11.1. The van der Waals surface area contributed by atoms with Crippen LogP contribution in [0.2, 0.25) is 5.02 Å². The smallest absolute Gasteiger partial charge is 0.242 e. The van der Waals surface area contributed by atoms with Crippen LogP contribution in [0.1, 0.15) is 24.8 Å². The topological polar surface area (TPSA) is 81.4 Å². The third kappa shape index (κ3) is 3.93. The molecular weight excluding hydrogens is 300 g/mol. The Kier molecular flexibility index (Phi) is 5.40. The van der Waals surface area contributed by atoms with Gasteiger partial charge in [0.05, 0.1) is 11.1 Å². The summed E-state index contributed by atoms with van der Waals surface area (Å²) in [6.07, 6.45) is 2.86. The Bertz CT molecular complexity index is 557. The molecule has 7 heteroatoms. The summed E-state index contributed by atoms with van der Waals surface area (Å²) in [6.45, 7) is 1.38. The van der Waals surface area contributed by atoms with Crippen LogP contribution < -0.4 is 10.5 Å². The van der Waals surface area contributed by atoms with Gasteiger partial charge in [0.2, 0.25) is 10.0 Å². The van der Waals surface area contributed by atoms with E-state index in [4.69, 9.17) is 22.1 Å². The van der Waals surface area contributed by atoms with Crippen molar-refractivity contribution in [1.29, 1.82) is 0 Å². The Labute approximate surface area is 124 Å².